The van der Waals surface area contributed by atoms with Gasteiger partial charge in [0.1, 0.15) is 0 Å². The van der Waals surface area contributed by atoms with E-state index in [9.17, 15) is 14.4 Å². The Balaban J connectivity index is 1.85. The molecule has 7 nitrogen and oxygen atoms in total. The second-order valence-electron chi connectivity index (χ2n) is 5.92. The first kappa shape index (κ1) is 18.7. The van der Waals surface area contributed by atoms with E-state index in [0.717, 1.165) is 17.0 Å². The van der Waals surface area contributed by atoms with E-state index in [1.54, 1.807) is 34.2 Å². The fraction of sp³-hybridized carbons (Fsp3) is 0.353. The van der Waals surface area contributed by atoms with Gasteiger partial charge in [0.05, 0.1) is 0 Å². The van der Waals surface area contributed by atoms with Gasteiger partial charge in [0, 0.05) is 41.5 Å². The Labute approximate surface area is 150 Å². The Morgan fingerprint density at radius 3 is 2.24 bits per heavy atom. The highest BCUT2D eigenvalue weighted by atomic mass is 32.1. The first-order valence-corrected chi connectivity index (χ1v) is 8.85. The lowest BCUT2D eigenvalue weighted by molar-refractivity contribution is -0.116. The molecule has 134 valence electrons. The van der Waals surface area contributed by atoms with Crippen LogP contribution >= 0.6 is 11.3 Å². The molecule has 0 saturated heterocycles. The second kappa shape index (κ2) is 8.48. The molecule has 0 bridgehead atoms. The fourth-order valence-electron chi connectivity index (χ4n) is 2.18. The molecule has 0 saturated carbocycles. The lowest BCUT2D eigenvalue weighted by Gasteiger charge is -2.11. The van der Waals surface area contributed by atoms with Crippen LogP contribution in [-0.4, -0.2) is 22.5 Å². The summed E-state index contributed by atoms with van der Waals surface area (Å²) in [4.78, 5) is 35.2. The highest BCUT2D eigenvalue weighted by Gasteiger charge is 2.08. The molecule has 1 heterocycles. The van der Waals surface area contributed by atoms with Crippen LogP contribution in [0.5, 0.6) is 0 Å². The van der Waals surface area contributed by atoms with E-state index in [1.807, 2.05) is 20.8 Å². The predicted molar refractivity (Wildman–Crippen MR) is 100 cm³/mol. The molecule has 3 amide bonds. The highest BCUT2D eigenvalue weighted by molar-refractivity contribution is 7.07. The number of benzene rings is 1. The summed E-state index contributed by atoms with van der Waals surface area (Å²) in [6.07, 6.45) is 0.217. The molecule has 0 aliphatic rings. The van der Waals surface area contributed by atoms with Crippen LogP contribution in [0.1, 0.15) is 26.0 Å². The Morgan fingerprint density at radius 1 is 1.12 bits per heavy atom. The number of rotatable bonds is 6. The Bertz CT molecular complexity index is 793. The van der Waals surface area contributed by atoms with Crippen LogP contribution in [0, 0.1) is 6.92 Å². The fourth-order valence-corrected chi connectivity index (χ4v) is 2.94. The normalized spacial score (nSPS) is 10.6. The quantitative estimate of drug-likeness (QED) is 0.738. The minimum absolute atomic E-state index is 0.0536. The van der Waals surface area contributed by atoms with Gasteiger partial charge >= 0.3 is 10.9 Å². The molecule has 1 aromatic heterocycles. The van der Waals surface area contributed by atoms with Crippen molar-refractivity contribution in [1.82, 2.24) is 9.88 Å². The van der Waals surface area contributed by atoms with Crippen molar-refractivity contribution in [2.45, 2.75) is 39.8 Å². The molecule has 25 heavy (non-hydrogen) atoms. The van der Waals surface area contributed by atoms with E-state index < -0.39 is 0 Å². The topological polar surface area (TPSA) is 92.2 Å². The van der Waals surface area contributed by atoms with Crippen molar-refractivity contribution < 1.29 is 9.59 Å². The zero-order valence-corrected chi connectivity index (χ0v) is 15.3. The van der Waals surface area contributed by atoms with E-state index in [1.165, 1.54) is 0 Å². The lowest BCUT2D eigenvalue weighted by atomic mass is 10.2. The maximum absolute atomic E-state index is 12.0. The van der Waals surface area contributed by atoms with Gasteiger partial charge in [0.15, 0.2) is 0 Å². The van der Waals surface area contributed by atoms with Crippen LogP contribution in [0.4, 0.5) is 16.2 Å². The van der Waals surface area contributed by atoms with E-state index in [0.29, 0.717) is 17.9 Å². The number of anilines is 2. The first-order valence-electron chi connectivity index (χ1n) is 7.97. The average molecular weight is 362 g/mol. The van der Waals surface area contributed by atoms with Gasteiger partial charge in [-0.1, -0.05) is 11.3 Å². The van der Waals surface area contributed by atoms with Crippen molar-refractivity contribution in [3.8, 4) is 0 Å². The van der Waals surface area contributed by atoms with Crippen LogP contribution in [0.3, 0.4) is 0 Å². The van der Waals surface area contributed by atoms with Crippen LogP contribution < -0.4 is 20.8 Å². The number of thiazole rings is 1. The molecular formula is C17H22N4O3S. The summed E-state index contributed by atoms with van der Waals surface area (Å²) in [5.41, 5.74) is 2.13. The third-order valence-corrected chi connectivity index (χ3v) is 4.27. The van der Waals surface area contributed by atoms with Crippen molar-refractivity contribution in [2.24, 2.45) is 0 Å². The molecular weight excluding hydrogens is 340 g/mol. The summed E-state index contributed by atoms with van der Waals surface area (Å²) in [5.74, 6) is -0.171. The minimum Gasteiger partial charge on any atom is -0.336 e. The van der Waals surface area contributed by atoms with Crippen molar-refractivity contribution in [1.29, 1.82) is 0 Å². The molecule has 0 aliphatic heterocycles. The van der Waals surface area contributed by atoms with Crippen LogP contribution in [0.15, 0.2) is 34.4 Å². The molecule has 2 rings (SSSR count). The number of hydrogen-bond acceptors (Lipinski definition) is 4. The summed E-state index contributed by atoms with van der Waals surface area (Å²) in [5, 5.41) is 10.00. The molecule has 0 unspecified atom stereocenters. The summed E-state index contributed by atoms with van der Waals surface area (Å²) in [7, 11) is 0. The lowest BCUT2D eigenvalue weighted by Crippen LogP contribution is -2.34. The third-order valence-electron chi connectivity index (χ3n) is 3.39. The van der Waals surface area contributed by atoms with Gasteiger partial charge in [0.25, 0.3) is 0 Å². The van der Waals surface area contributed by atoms with Crippen LogP contribution in [0.25, 0.3) is 0 Å². The first-order chi connectivity index (χ1) is 11.8. The monoisotopic (exact) mass is 362 g/mol. The summed E-state index contributed by atoms with van der Waals surface area (Å²) in [6, 6.07) is 6.63. The molecule has 2 aromatic rings. The van der Waals surface area contributed by atoms with Gasteiger partial charge in [-0.2, -0.15) is 0 Å². The number of urea groups is 1. The summed E-state index contributed by atoms with van der Waals surface area (Å²) < 4.78 is 1.59. The van der Waals surface area contributed by atoms with E-state index in [4.69, 9.17) is 0 Å². The second-order valence-corrected chi connectivity index (χ2v) is 6.74. The molecule has 0 fully saturated rings. The molecule has 0 spiro atoms. The number of nitrogens with zero attached hydrogens (tertiary/aromatic N) is 1. The van der Waals surface area contributed by atoms with E-state index in [-0.39, 0.29) is 29.3 Å². The Kier molecular flexibility index (Phi) is 6.35. The van der Waals surface area contributed by atoms with E-state index in [2.05, 4.69) is 16.0 Å². The molecule has 0 radical (unpaired) electrons. The zero-order valence-electron chi connectivity index (χ0n) is 14.5. The van der Waals surface area contributed by atoms with Crippen molar-refractivity contribution in [2.75, 3.05) is 10.6 Å². The van der Waals surface area contributed by atoms with Gasteiger partial charge in [-0.05, 0) is 45.0 Å². The van der Waals surface area contributed by atoms with Gasteiger partial charge < -0.3 is 20.5 Å². The molecule has 8 heteroatoms. The molecule has 1 aromatic carbocycles. The number of carbonyl (C=O) groups excluding carboxylic acids is 2. The van der Waals surface area contributed by atoms with E-state index >= 15 is 0 Å². The standard InChI is InChI=1S/C17H22N4O3S/c1-11(2)18-16(23)20-14-6-4-13(5-7-14)19-15(22)8-9-21-12(3)10-25-17(21)24/h4-7,10-11H,8-9H2,1-3H3,(H,19,22)(H2,18,20,23). The highest BCUT2D eigenvalue weighted by Crippen LogP contribution is 2.14. The van der Waals surface area contributed by atoms with Crippen molar-refractivity contribution in [3.05, 3.63) is 45.0 Å². The Morgan fingerprint density at radius 2 is 1.72 bits per heavy atom. The van der Waals surface area contributed by atoms with Gasteiger partial charge in [-0.25, -0.2) is 4.79 Å². The number of carbonyl (C=O) groups is 2. The molecule has 3 N–H and O–H groups in total. The summed E-state index contributed by atoms with van der Waals surface area (Å²) >= 11 is 1.13. The smallest absolute Gasteiger partial charge is 0.319 e. The number of aromatic nitrogens is 1. The number of nitrogens with one attached hydrogen (secondary N) is 3. The van der Waals surface area contributed by atoms with Gasteiger partial charge in [-0.3, -0.25) is 9.59 Å². The number of amides is 3. The molecule has 0 aliphatic carbocycles. The average Bonchev–Trinajstić information content (AvgIpc) is 2.85. The largest absolute Gasteiger partial charge is 0.336 e. The van der Waals surface area contributed by atoms with Crippen LogP contribution in [0.2, 0.25) is 0 Å². The van der Waals surface area contributed by atoms with Crippen molar-refractivity contribution >= 4 is 34.6 Å². The zero-order chi connectivity index (χ0) is 18.4. The Hall–Kier alpha value is -2.61. The molecule has 0 atom stereocenters. The number of aryl methyl sites for hydroxylation is 1. The maximum Gasteiger partial charge on any atom is 0.319 e. The SMILES string of the molecule is Cc1csc(=O)n1CCC(=O)Nc1ccc(NC(=O)NC(C)C)cc1. The summed E-state index contributed by atoms with van der Waals surface area (Å²) in [6.45, 7) is 5.96. The van der Waals surface area contributed by atoms with Crippen LogP contribution in [-0.2, 0) is 11.3 Å². The third kappa shape index (κ3) is 5.75. The van der Waals surface area contributed by atoms with Gasteiger partial charge in [0.2, 0.25) is 5.91 Å². The predicted octanol–water partition coefficient (Wildman–Crippen LogP) is 2.78. The minimum atomic E-state index is -0.275. The van der Waals surface area contributed by atoms with Gasteiger partial charge in [-0.15, -0.1) is 0 Å². The maximum atomic E-state index is 12.0. The van der Waals surface area contributed by atoms with Crippen molar-refractivity contribution in [3.63, 3.8) is 0 Å². The number of hydrogen-bond donors (Lipinski definition) is 3.